The van der Waals surface area contributed by atoms with Crippen LogP contribution in [0.3, 0.4) is 0 Å². The van der Waals surface area contributed by atoms with E-state index >= 15 is 0 Å². The van der Waals surface area contributed by atoms with E-state index in [4.69, 9.17) is 4.42 Å². The maximum Gasteiger partial charge on any atom is 0.289 e. The largest absolute Gasteiger partial charge is 0.450 e. The molecule has 2 aromatic rings. The van der Waals surface area contributed by atoms with E-state index in [9.17, 15) is 4.79 Å². The number of nitrogens with zero attached hydrogens (tertiary/aromatic N) is 1. The average molecular weight is 298 g/mol. The summed E-state index contributed by atoms with van der Waals surface area (Å²) >= 11 is 0. The van der Waals surface area contributed by atoms with Crippen LogP contribution >= 0.6 is 0 Å². The number of furan rings is 1. The highest BCUT2D eigenvalue weighted by Gasteiger charge is 2.39. The van der Waals surface area contributed by atoms with Crippen LogP contribution in [0, 0.1) is 32.6 Å². The Morgan fingerprint density at radius 2 is 1.77 bits per heavy atom. The Morgan fingerprint density at radius 1 is 1.14 bits per heavy atom. The van der Waals surface area contributed by atoms with Gasteiger partial charge in [-0.3, -0.25) is 4.79 Å². The van der Waals surface area contributed by atoms with E-state index in [-0.39, 0.29) is 5.91 Å². The van der Waals surface area contributed by atoms with Gasteiger partial charge in [0.15, 0.2) is 5.76 Å². The fourth-order valence-corrected chi connectivity index (χ4v) is 4.04. The highest BCUT2D eigenvalue weighted by molar-refractivity contribution is 6.00. The summed E-state index contributed by atoms with van der Waals surface area (Å²) in [6.07, 6.45) is 0. The Hall–Kier alpha value is -1.81. The van der Waals surface area contributed by atoms with Crippen LogP contribution in [-0.2, 0) is 0 Å². The van der Waals surface area contributed by atoms with Crippen molar-refractivity contribution >= 4 is 16.9 Å². The van der Waals surface area contributed by atoms with Crippen molar-refractivity contribution in [1.82, 2.24) is 10.2 Å². The van der Waals surface area contributed by atoms with Gasteiger partial charge in [0.2, 0.25) is 0 Å². The molecule has 116 valence electrons. The van der Waals surface area contributed by atoms with Crippen LogP contribution in [-0.4, -0.2) is 37.0 Å². The van der Waals surface area contributed by atoms with Crippen LogP contribution in [0.15, 0.2) is 16.5 Å². The summed E-state index contributed by atoms with van der Waals surface area (Å²) in [5, 5.41) is 4.51. The van der Waals surface area contributed by atoms with Crippen LogP contribution < -0.4 is 5.32 Å². The molecule has 0 bridgehead atoms. The maximum atomic E-state index is 12.9. The SMILES string of the molecule is Cc1ccc(C)c2c(C)c(C(=O)N3C[C@H]4CNC[C@H]4C3)oc12. The number of carbonyl (C=O) groups is 1. The van der Waals surface area contributed by atoms with E-state index in [0.29, 0.717) is 17.6 Å². The Bertz CT molecular complexity index is 750. The van der Waals surface area contributed by atoms with Gasteiger partial charge in [-0.25, -0.2) is 0 Å². The summed E-state index contributed by atoms with van der Waals surface area (Å²) < 4.78 is 6.00. The molecule has 0 unspecified atom stereocenters. The fourth-order valence-electron chi connectivity index (χ4n) is 4.04. The van der Waals surface area contributed by atoms with Crippen molar-refractivity contribution in [3.05, 3.63) is 34.6 Å². The van der Waals surface area contributed by atoms with Crippen molar-refractivity contribution in [2.45, 2.75) is 20.8 Å². The molecule has 2 saturated heterocycles. The molecule has 0 spiro atoms. The van der Waals surface area contributed by atoms with Crippen molar-refractivity contribution in [2.24, 2.45) is 11.8 Å². The maximum absolute atomic E-state index is 12.9. The average Bonchev–Trinajstić information content (AvgIpc) is 3.15. The number of rotatable bonds is 1. The molecule has 4 nitrogen and oxygen atoms in total. The van der Waals surface area contributed by atoms with E-state index in [2.05, 4.69) is 24.4 Å². The predicted octanol–water partition coefficient (Wildman–Crippen LogP) is 2.65. The molecule has 1 aromatic carbocycles. The monoisotopic (exact) mass is 298 g/mol. The second-order valence-corrected chi connectivity index (χ2v) is 6.85. The van der Waals surface area contributed by atoms with Gasteiger partial charge in [-0.15, -0.1) is 0 Å². The van der Waals surface area contributed by atoms with Crippen molar-refractivity contribution in [2.75, 3.05) is 26.2 Å². The third kappa shape index (κ3) is 1.90. The number of nitrogens with one attached hydrogen (secondary N) is 1. The van der Waals surface area contributed by atoms with Crippen LogP contribution in [0.5, 0.6) is 0 Å². The Labute approximate surface area is 130 Å². The first-order valence-electron chi connectivity index (χ1n) is 8.05. The Morgan fingerprint density at radius 3 is 2.41 bits per heavy atom. The van der Waals surface area contributed by atoms with E-state index in [1.54, 1.807) is 0 Å². The summed E-state index contributed by atoms with van der Waals surface area (Å²) in [7, 11) is 0. The van der Waals surface area contributed by atoms with Gasteiger partial charge in [0, 0.05) is 37.1 Å². The van der Waals surface area contributed by atoms with Gasteiger partial charge >= 0.3 is 0 Å². The molecule has 3 heterocycles. The molecular formula is C18H22N2O2. The standard InChI is InChI=1S/C18H22N2O2/c1-10-4-5-11(2)16-15(10)12(3)17(22-16)18(21)20-8-13-6-19-7-14(13)9-20/h4-5,13-14,19H,6-9H2,1-3H3/t13-,14+. The van der Waals surface area contributed by atoms with E-state index in [1.807, 2.05) is 18.7 Å². The van der Waals surface area contributed by atoms with Crippen LogP contribution in [0.25, 0.3) is 11.0 Å². The van der Waals surface area contributed by atoms with Crippen molar-refractivity contribution in [3.8, 4) is 0 Å². The van der Waals surface area contributed by atoms with Crippen molar-refractivity contribution < 1.29 is 9.21 Å². The lowest BCUT2D eigenvalue weighted by Crippen LogP contribution is -2.31. The smallest absolute Gasteiger partial charge is 0.289 e. The molecule has 0 radical (unpaired) electrons. The van der Waals surface area contributed by atoms with Crippen LogP contribution in [0.4, 0.5) is 0 Å². The Balaban J connectivity index is 1.72. The topological polar surface area (TPSA) is 45.5 Å². The summed E-state index contributed by atoms with van der Waals surface area (Å²) in [5.41, 5.74) is 4.10. The van der Waals surface area contributed by atoms with Gasteiger partial charge in [0.05, 0.1) is 0 Å². The highest BCUT2D eigenvalue weighted by atomic mass is 16.3. The van der Waals surface area contributed by atoms with Gasteiger partial charge in [0.1, 0.15) is 5.58 Å². The van der Waals surface area contributed by atoms with Crippen LogP contribution in [0.2, 0.25) is 0 Å². The number of carbonyl (C=O) groups excluding carboxylic acids is 1. The molecule has 1 N–H and O–H groups in total. The molecule has 2 aliphatic heterocycles. The number of aryl methyl sites for hydroxylation is 3. The molecule has 2 atom stereocenters. The first kappa shape index (κ1) is 13.8. The predicted molar refractivity (Wildman–Crippen MR) is 86.2 cm³/mol. The number of hydrogen-bond acceptors (Lipinski definition) is 3. The third-order valence-corrected chi connectivity index (χ3v) is 5.35. The number of amides is 1. The highest BCUT2D eigenvalue weighted by Crippen LogP contribution is 2.33. The first-order chi connectivity index (χ1) is 10.6. The summed E-state index contributed by atoms with van der Waals surface area (Å²) in [5.74, 6) is 1.80. The number of benzene rings is 1. The van der Waals surface area contributed by atoms with E-state index in [1.165, 1.54) is 5.56 Å². The second kappa shape index (κ2) is 4.85. The molecule has 22 heavy (non-hydrogen) atoms. The Kier molecular flexibility index (Phi) is 3.05. The molecule has 4 rings (SSSR count). The van der Waals surface area contributed by atoms with E-state index in [0.717, 1.165) is 48.3 Å². The molecular weight excluding hydrogens is 276 g/mol. The van der Waals surface area contributed by atoms with Gasteiger partial charge in [-0.2, -0.15) is 0 Å². The number of fused-ring (bicyclic) bond motifs is 2. The van der Waals surface area contributed by atoms with Crippen molar-refractivity contribution in [1.29, 1.82) is 0 Å². The fraction of sp³-hybridized carbons (Fsp3) is 0.500. The minimum absolute atomic E-state index is 0.0573. The second-order valence-electron chi connectivity index (χ2n) is 6.85. The molecule has 2 aliphatic rings. The normalized spacial score (nSPS) is 24.2. The first-order valence-corrected chi connectivity index (χ1v) is 8.05. The lowest BCUT2D eigenvalue weighted by atomic mass is 10.0. The lowest BCUT2D eigenvalue weighted by Gasteiger charge is -2.16. The molecule has 0 saturated carbocycles. The van der Waals surface area contributed by atoms with Crippen molar-refractivity contribution in [3.63, 3.8) is 0 Å². The zero-order valence-electron chi connectivity index (χ0n) is 13.4. The van der Waals surface area contributed by atoms with Crippen LogP contribution in [0.1, 0.15) is 27.2 Å². The summed E-state index contributed by atoms with van der Waals surface area (Å²) in [6.45, 7) is 9.88. The van der Waals surface area contributed by atoms with Gasteiger partial charge in [-0.05, 0) is 43.7 Å². The molecule has 2 fully saturated rings. The van der Waals surface area contributed by atoms with Gasteiger partial charge in [0.25, 0.3) is 5.91 Å². The zero-order valence-corrected chi connectivity index (χ0v) is 13.4. The summed E-state index contributed by atoms with van der Waals surface area (Å²) in [6, 6.07) is 4.15. The third-order valence-electron chi connectivity index (χ3n) is 5.35. The van der Waals surface area contributed by atoms with E-state index < -0.39 is 0 Å². The molecule has 0 aliphatic carbocycles. The minimum Gasteiger partial charge on any atom is -0.450 e. The number of likely N-dealkylation sites (tertiary alicyclic amines) is 1. The zero-order chi connectivity index (χ0) is 15.4. The van der Waals surface area contributed by atoms with Gasteiger partial charge < -0.3 is 14.6 Å². The lowest BCUT2D eigenvalue weighted by molar-refractivity contribution is 0.0751. The van der Waals surface area contributed by atoms with Gasteiger partial charge in [-0.1, -0.05) is 12.1 Å². The molecule has 1 amide bonds. The quantitative estimate of drug-likeness (QED) is 0.880. The minimum atomic E-state index is 0.0573. The molecule has 1 aromatic heterocycles. The summed E-state index contributed by atoms with van der Waals surface area (Å²) in [4.78, 5) is 14.9. The molecule has 4 heteroatoms. The number of hydrogen-bond donors (Lipinski definition) is 1.